The van der Waals surface area contributed by atoms with Gasteiger partial charge < -0.3 is 21.7 Å². The summed E-state index contributed by atoms with van der Waals surface area (Å²) in [5.74, 6) is 0. The quantitative estimate of drug-likeness (QED) is 0.614. The number of rotatable bonds is 6. The van der Waals surface area contributed by atoms with Gasteiger partial charge >= 0.3 is 12.1 Å². The topological polar surface area (TPSA) is 96.2 Å². The minimum absolute atomic E-state index is 0.199. The third kappa shape index (κ3) is 5.49. The van der Waals surface area contributed by atoms with Crippen LogP contribution in [0.5, 0.6) is 0 Å². The Kier molecular flexibility index (Phi) is 6.89. The first-order valence-corrected chi connectivity index (χ1v) is 9.86. The van der Waals surface area contributed by atoms with Crippen LogP contribution in [0, 0.1) is 0 Å². The van der Waals surface area contributed by atoms with E-state index in [4.69, 9.17) is 5.73 Å². The average molecular weight is 380 g/mol. The first-order valence-electron chi connectivity index (χ1n) is 9.86. The van der Waals surface area contributed by atoms with Crippen LogP contribution in [0.3, 0.4) is 0 Å². The van der Waals surface area contributed by atoms with Gasteiger partial charge in [-0.25, -0.2) is 9.59 Å². The lowest BCUT2D eigenvalue weighted by molar-refractivity contribution is 0.222. The average Bonchev–Trinajstić information content (AvgIpc) is 2.72. The van der Waals surface area contributed by atoms with Crippen LogP contribution in [-0.2, 0) is 0 Å². The molecular weight excluding hydrogens is 352 g/mol. The van der Waals surface area contributed by atoms with Crippen molar-refractivity contribution in [1.82, 2.24) is 16.0 Å². The first-order chi connectivity index (χ1) is 13.6. The largest absolute Gasteiger partial charge is 0.352 e. The Morgan fingerprint density at radius 1 is 0.786 bits per heavy atom. The Hall–Kier alpha value is -3.02. The highest BCUT2D eigenvalue weighted by Crippen LogP contribution is 2.29. The zero-order valence-electron chi connectivity index (χ0n) is 15.9. The van der Waals surface area contributed by atoms with Gasteiger partial charge in [0, 0.05) is 6.04 Å². The van der Waals surface area contributed by atoms with E-state index in [1.807, 2.05) is 60.7 Å². The molecule has 28 heavy (non-hydrogen) atoms. The van der Waals surface area contributed by atoms with Gasteiger partial charge in [-0.05, 0) is 24.0 Å². The Balaban J connectivity index is 1.84. The molecule has 6 nitrogen and oxygen atoms in total. The number of carbonyl (C=O) groups is 2. The number of nitrogens with two attached hydrogens (primary N) is 1. The molecule has 3 rings (SSSR count). The summed E-state index contributed by atoms with van der Waals surface area (Å²) in [6.07, 6.45) is 5.52. The van der Waals surface area contributed by atoms with Gasteiger partial charge in [0.05, 0.1) is 12.1 Å². The van der Waals surface area contributed by atoms with Gasteiger partial charge in [-0.3, -0.25) is 0 Å². The van der Waals surface area contributed by atoms with Crippen LogP contribution in [0.25, 0.3) is 0 Å². The maximum Gasteiger partial charge on any atom is 0.315 e. The summed E-state index contributed by atoms with van der Waals surface area (Å²) in [4.78, 5) is 24.5. The van der Waals surface area contributed by atoms with Gasteiger partial charge in [0.2, 0.25) is 0 Å². The summed E-state index contributed by atoms with van der Waals surface area (Å²) < 4.78 is 0. The number of hydrogen-bond donors (Lipinski definition) is 4. The number of primary amides is 1. The number of amides is 4. The lowest BCUT2D eigenvalue weighted by atomic mass is 9.93. The smallest absolute Gasteiger partial charge is 0.315 e. The van der Waals surface area contributed by atoms with Gasteiger partial charge in [-0.2, -0.15) is 0 Å². The van der Waals surface area contributed by atoms with Gasteiger partial charge in [0.15, 0.2) is 0 Å². The number of benzene rings is 2. The lowest BCUT2D eigenvalue weighted by Crippen LogP contribution is -2.48. The molecule has 0 aliphatic heterocycles. The van der Waals surface area contributed by atoms with E-state index in [9.17, 15) is 9.59 Å². The van der Waals surface area contributed by atoms with E-state index < -0.39 is 18.1 Å². The van der Waals surface area contributed by atoms with E-state index in [0.717, 1.165) is 36.8 Å². The fourth-order valence-corrected chi connectivity index (χ4v) is 3.81. The molecule has 2 unspecified atom stereocenters. The molecule has 0 radical (unpaired) electrons. The van der Waals surface area contributed by atoms with Gasteiger partial charge in [0.1, 0.15) is 0 Å². The van der Waals surface area contributed by atoms with Crippen LogP contribution in [0.1, 0.15) is 55.3 Å². The van der Waals surface area contributed by atoms with Crippen molar-refractivity contribution in [3.8, 4) is 0 Å². The minimum Gasteiger partial charge on any atom is -0.352 e. The van der Waals surface area contributed by atoms with E-state index >= 15 is 0 Å². The highest BCUT2D eigenvalue weighted by atomic mass is 16.2. The fourth-order valence-electron chi connectivity index (χ4n) is 3.81. The van der Waals surface area contributed by atoms with Crippen LogP contribution in [0.4, 0.5) is 9.59 Å². The summed E-state index contributed by atoms with van der Waals surface area (Å²) in [7, 11) is 0. The van der Waals surface area contributed by atoms with E-state index in [-0.39, 0.29) is 12.1 Å². The Morgan fingerprint density at radius 3 is 1.79 bits per heavy atom. The van der Waals surface area contributed by atoms with Crippen molar-refractivity contribution in [3.05, 3.63) is 71.8 Å². The van der Waals surface area contributed by atoms with Gasteiger partial charge in [-0.15, -0.1) is 0 Å². The molecule has 0 saturated heterocycles. The Bertz CT molecular complexity index is 761. The van der Waals surface area contributed by atoms with Crippen molar-refractivity contribution < 1.29 is 9.59 Å². The molecular formula is C22H28N4O2. The number of urea groups is 2. The van der Waals surface area contributed by atoms with Gasteiger partial charge in [0.25, 0.3) is 0 Å². The Labute approximate surface area is 165 Å². The third-order valence-electron chi connectivity index (χ3n) is 5.18. The molecule has 1 saturated carbocycles. The number of carbonyl (C=O) groups excluding carboxylic acids is 2. The lowest BCUT2D eigenvalue weighted by Gasteiger charge is -2.31. The standard InChI is InChI=1S/C22H28N4O2/c23-21(27)25-19(16-10-4-1-5-11-16)20(17-12-6-2-7-13-17)26-22(28)24-18-14-8-3-9-15-18/h1-2,4-7,10-13,18-20H,3,8-9,14-15H2,(H3,23,25,27)(H2,24,26,28). The summed E-state index contributed by atoms with van der Waals surface area (Å²) in [6.45, 7) is 0. The molecule has 1 aliphatic rings. The van der Waals surface area contributed by atoms with Crippen molar-refractivity contribution in [2.24, 2.45) is 5.73 Å². The number of nitrogens with one attached hydrogen (secondary N) is 3. The molecule has 1 fully saturated rings. The minimum atomic E-state index is -0.635. The predicted octanol–water partition coefficient (Wildman–Crippen LogP) is 3.77. The van der Waals surface area contributed by atoms with Crippen molar-refractivity contribution in [2.45, 2.75) is 50.2 Å². The maximum atomic E-state index is 12.8. The molecule has 2 atom stereocenters. The third-order valence-corrected chi connectivity index (χ3v) is 5.18. The van der Waals surface area contributed by atoms with Gasteiger partial charge in [-0.1, -0.05) is 79.9 Å². The van der Waals surface area contributed by atoms with E-state index in [2.05, 4.69) is 16.0 Å². The number of hydrogen-bond acceptors (Lipinski definition) is 2. The predicted molar refractivity (Wildman–Crippen MR) is 110 cm³/mol. The van der Waals surface area contributed by atoms with E-state index in [0.29, 0.717) is 0 Å². The molecule has 0 heterocycles. The van der Waals surface area contributed by atoms with Crippen LogP contribution < -0.4 is 21.7 Å². The molecule has 2 aromatic rings. The molecule has 0 spiro atoms. The molecule has 2 aromatic carbocycles. The molecule has 5 N–H and O–H groups in total. The zero-order valence-corrected chi connectivity index (χ0v) is 15.9. The van der Waals surface area contributed by atoms with Crippen molar-refractivity contribution >= 4 is 12.1 Å². The summed E-state index contributed by atoms with van der Waals surface area (Å²) in [5, 5.41) is 8.95. The summed E-state index contributed by atoms with van der Waals surface area (Å²) in [6, 6.07) is 17.5. The zero-order chi connectivity index (χ0) is 19.8. The van der Waals surface area contributed by atoms with Crippen molar-refractivity contribution in [2.75, 3.05) is 0 Å². The molecule has 4 amide bonds. The van der Waals surface area contributed by atoms with Crippen molar-refractivity contribution in [1.29, 1.82) is 0 Å². The van der Waals surface area contributed by atoms with Crippen molar-refractivity contribution in [3.63, 3.8) is 0 Å². The van der Waals surface area contributed by atoms with Crippen LogP contribution in [0.2, 0.25) is 0 Å². The Morgan fingerprint density at radius 2 is 1.29 bits per heavy atom. The second-order valence-corrected chi connectivity index (χ2v) is 7.24. The summed E-state index contributed by atoms with van der Waals surface area (Å²) in [5.41, 5.74) is 7.21. The molecule has 6 heteroatoms. The normalized spacial score (nSPS) is 16.6. The highest BCUT2D eigenvalue weighted by molar-refractivity contribution is 5.76. The molecule has 0 bridgehead atoms. The second-order valence-electron chi connectivity index (χ2n) is 7.24. The van der Waals surface area contributed by atoms with Crippen LogP contribution >= 0.6 is 0 Å². The second kappa shape index (κ2) is 9.78. The molecule has 0 aromatic heterocycles. The van der Waals surface area contributed by atoms with E-state index in [1.54, 1.807) is 0 Å². The molecule has 1 aliphatic carbocycles. The first kappa shape index (κ1) is 19.7. The fraction of sp³-hybridized carbons (Fsp3) is 0.364. The monoisotopic (exact) mass is 380 g/mol. The maximum absolute atomic E-state index is 12.8. The highest BCUT2D eigenvalue weighted by Gasteiger charge is 2.28. The summed E-state index contributed by atoms with van der Waals surface area (Å²) >= 11 is 0. The van der Waals surface area contributed by atoms with E-state index in [1.165, 1.54) is 6.42 Å². The SMILES string of the molecule is NC(=O)NC(c1ccccc1)C(NC(=O)NC1CCCCC1)c1ccccc1. The van der Waals surface area contributed by atoms with Crippen LogP contribution in [-0.4, -0.2) is 18.1 Å². The van der Waals surface area contributed by atoms with Crippen LogP contribution in [0.15, 0.2) is 60.7 Å². The molecule has 148 valence electrons.